The molecular weight excluding hydrogens is 346 g/mol. The molecule has 1 aromatic carbocycles. The molecule has 2 aromatic rings. The van der Waals surface area contributed by atoms with Crippen LogP contribution in [0.15, 0.2) is 46.7 Å². The van der Waals surface area contributed by atoms with Crippen LogP contribution in [0.2, 0.25) is 0 Å². The van der Waals surface area contributed by atoms with Gasteiger partial charge in [-0.05, 0) is 42.8 Å². The first kappa shape index (κ1) is 17.1. The molecule has 3 rings (SSSR count). The van der Waals surface area contributed by atoms with Crippen molar-refractivity contribution in [3.8, 4) is 0 Å². The van der Waals surface area contributed by atoms with Gasteiger partial charge in [0.25, 0.3) is 5.91 Å². The summed E-state index contributed by atoms with van der Waals surface area (Å²) in [6, 6.07) is 9.87. The minimum absolute atomic E-state index is 0.195. The van der Waals surface area contributed by atoms with Gasteiger partial charge in [-0.2, -0.15) is 4.31 Å². The van der Waals surface area contributed by atoms with E-state index in [0.29, 0.717) is 23.7 Å². The van der Waals surface area contributed by atoms with E-state index >= 15 is 0 Å². The van der Waals surface area contributed by atoms with Gasteiger partial charge in [0.15, 0.2) is 0 Å². The number of carbonyl (C=O) groups is 1. The summed E-state index contributed by atoms with van der Waals surface area (Å²) >= 11 is 1.36. The number of sulfonamides is 1. The van der Waals surface area contributed by atoms with Crippen LogP contribution in [-0.4, -0.2) is 56.8 Å². The lowest BCUT2D eigenvalue weighted by atomic mass is 10.3. The molecule has 1 saturated heterocycles. The third kappa shape index (κ3) is 3.67. The summed E-state index contributed by atoms with van der Waals surface area (Å²) in [4.78, 5) is 15.0. The van der Waals surface area contributed by atoms with Crippen LogP contribution in [0.4, 0.5) is 5.69 Å². The number of thiophene rings is 1. The van der Waals surface area contributed by atoms with Gasteiger partial charge in [-0.15, -0.1) is 11.3 Å². The highest BCUT2D eigenvalue weighted by Crippen LogP contribution is 2.20. The van der Waals surface area contributed by atoms with Crippen LogP contribution in [0.3, 0.4) is 0 Å². The van der Waals surface area contributed by atoms with Crippen LogP contribution < -0.4 is 5.32 Å². The lowest BCUT2D eigenvalue weighted by molar-refractivity contribution is 0.103. The van der Waals surface area contributed by atoms with E-state index in [2.05, 4.69) is 10.2 Å². The van der Waals surface area contributed by atoms with Crippen LogP contribution in [0.5, 0.6) is 0 Å². The third-order valence-electron chi connectivity index (χ3n) is 3.96. The van der Waals surface area contributed by atoms with E-state index in [9.17, 15) is 13.2 Å². The Hall–Kier alpha value is -1.74. The van der Waals surface area contributed by atoms with Crippen LogP contribution in [-0.2, 0) is 10.0 Å². The molecule has 8 heteroatoms. The number of rotatable bonds is 4. The Balaban J connectivity index is 1.71. The van der Waals surface area contributed by atoms with Gasteiger partial charge in [-0.1, -0.05) is 6.07 Å². The molecular formula is C16H19N3O3S2. The van der Waals surface area contributed by atoms with Crippen molar-refractivity contribution >= 4 is 33.0 Å². The van der Waals surface area contributed by atoms with Gasteiger partial charge in [0, 0.05) is 31.9 Å². The molecule has 128 valence electrons. The number of benzene rings is 1. The van der Waals surface area contributed by atoms with E-state index in [-0.39, 0.29) is 10.8 Å². The summed E-state index contributed by atoms with van der Waals surface area (Å²) in [7, 11) is -1.50. The molecule has 1 fully saturated rings. The van der Waals surface area contributed by atoms with Gasteiger partial charge < -0.3 is 10.2 Å². The molecule has 6 nitrogen and oxygen atoms in total. The van der Waals surface area contributed by atoms with Crippen molar-refractivity contribution < 1.29 is 13.2 Å². The molecule has 0 spiro atoms. The fourth-order valence-corrected chi connectivity index (χ4v) is 4.53. The normalized spacial score (nSPS) is 16.9. The van der Waals surface area contributed by atoms with Crippen molar-refractivity contribution in [1.82, 2.24) is 9.21 Å². The molecule has 2 heterocycles. The van der Waals surface area contributed by atoms with Gasteiger partial charge >= 0.3 is 0 Å². The van der Waals surface area contributed by atoms with E-state index in [1.165, 1.54) is 27.8 Å². The zero-order valence-corrected chi connectivity index (χ0v) is 14.9. The summed E-state index contributed by atoms with van der Waals surface area (Å²) in [6.07, 6.45) is 0. The Morgan fingerprint density at radius 2 is 1.75 bits per heavy atom. The Morgan fingerprint density at radius 1 is 1.08 bits per heavy atom. The average molecular weight is 365 g/mol. The van der Waals surface area contributed by atoms with Crippen molar-refractivity contribution in [2.45, 2.75) is 4.90 Å². The first-order valence-electron chi connectivity index (χ1n) is 7.60. The molecule has 0 aliphatic carbocycles. The van der Waals surface area contributed by atoms with Crippen molar-refractivity contribution in [2.24, 2.45) is 0 Å². The number of carbonyl (C=O) groups excluding carboxylic acids is 1. The molecule has 0 saturated carbocycles. The van der Waals surface area contributed by atoms with Gasteiger partial charge in [0.05, 0.1) is 9.77 Å². The largest absolute Gasteiger partial charge is 0.321 e. The molecule has 1 aromatic heterocycles. The molecule has 1 aliphatic rings. The number of nitrogens with zero attached hydrogens (tertiary/aromatic N) is 2. The Morgan fingerprint density at radius 3 is 2.33 bits per heavy atom. The van der Waals surface area contributed by atoms with E-state index in [1.54, 1.807) is 18.2 Å². The van der Waals surface area contributed by atoms with Crippen molar-refractivity contribution in [2.75, 3.05) is 38.5 Å². The second-order valence-corrected chi connectivity index (χ2v) is 8.55. The minimum Gasteiger partial charge on any atom is -0.321 e. The Kier molecular flexibility index (Phi) is 5.00. The molecule has 0 radical (unpaired) electrons. The predicted molar refractivity (Wildman–Crippen MR) is 95.0 cm³/mol. The van der Waals surface area contributed by atoms with Crippen LogP contribution >= 0.6 is 11.3 Å². The van der Waals surface area contributed by atoms with Crippen molar-refractivity contribution in [1.29, 1.82) is 0 Å². The summed E-state index contributed by atoms with van der Waals surface area (Å²) in [5, 5.41) is 4.60. The second-order valence-electron chi connectivity index (χ2n) is 5.66. The highest BCUT2D eigenvalue weighted by Gasteiger charge is 2.27. The quantitative estimate of drug-likeness (QED) is 0.899. The third-order valence-corrected chi connectivity index (χ3v) is 6.74. The average Bonchev–Trinajstić information content (AvgIpc) is 3.10. The SMILES string of the molecule is CN1CCN(S(=O)(=O)c2ccc(NC(=O)c3cccs3)cc2)CC1. The van der Waals surface area contributed by atoms with E-state index < -0.39 is 10.0 Å². The Bertz CT molecular complexity index is 794. The maximum Gasteiger partial charge on any atom is 0.265 e. The first-order chi connectivity index (χ1) is 11.5. The summed E-state index contributed by atoms with van der Waals surface area (Å²) in [6.45, 7) is 2.45. The van der Waals surface area contributed by atoms with E-state index in [1.807, 2.05) is 18.5 Å². The Labute approximate surface area is 145 Å². The zero-order chi connectivity index (χ0) is 17.2. The molecule has 1 N–H and O–H groups in total. The van der Waals surface area contributed by atoms with Crippen LogP contribution in [0.1, 0.15) is 9.67 Å². The van der Waals surface area contributed by atoms with Gasteiger partial charge in [0.2, 0.25) is 10.0 Å². The van der Waals surface area contributed by atoms with Gasteiger partial charge in [-0.3, -0.25) is 4.79 Å². The number of amides is 1. The standard InChI is InChI=1S/C16H19N3O3S2/c1-18-8-10-19(11-9-18)24(21,22)14-6-4-13(5-7-14)17-16(20)15-3-2-12-23-15/h2-7,12H,8-11H2,1H3,(H,17,20). The zero-order valence-electron chi connectivity index (χ0n) is 13.3. The number of piperazine rings is 1. The van der Waals surface area contributed by atoms with Gasteiger partial charge in [0.1, 0.15) is 0 Å². The lowest BCUT2D eigenvalue weighted by Crippen LogP contribution is -2.46. The van der Waals surface area contributed by atoms with Gasteiger partial charge in [-0.25, -0.2) is 8.42 Å². The predicted octanol–water partition coefficient (Wildman–Crippen LogP) is 1.94. The highest BCUT2D eigenvalue weighted by molar-refractivity contribution is 7.89. The topological polar surface area (TPSA) is 69.7 Å². The fraction of sp³-hybridized carbons (Fsp3) is 0.312. The van der Waals surface area contributed by atoms with E-state index in [4.69, 9.17) is 0 Å². The maximum atomic E-state index is 12.6. The number of hydrogen-bond donors (Lipinski definition) is 1. The molecule has 0 unspecified atom stereocenters. The first-order valence-corrected chi connectivity index (χ1v) is 9.92. The molecule has 24 heavy (non-hydrogen) atoms. The number of anilines is 1. The summed E-state index contributed by atoms with van der Waals surface area (Å²) in [5.41, 5.74) is 0.575. The maximum absolute atomic E-state index is 12.6. The molecule has 0 bridgehead atoms. The number of hydrogen-bond acceptors (Lipinski definition) is 5. The van der Waals surface area contributed by atoms with Crippen LogP contribution in [0.25, 0.3) is 0 Å². The smallest absolute Gasteiger partial charge is 0.265 e. The van der Waals surface area contributed by atoms with Crippen molar-refractivity contribution in [3.63, 3.8) is 0 Å². The second kappa shape index (κ2) is 7.02. The summed E-state index contributed by atoms with van der Waals surface area (Å²) < 4.78 is 26.8. The van der Waals surface area contributed by atoms with Crippen LogP contribution in [0, 0.1) is 0 Å². The lowest BCUT2D eigenvalue weighted by Gasteiger charge is -2.31. The highest BCUT2D eigenvalue weighted by atomic mass is 32.2. The molecule has 1 aliphatic heterocycles. The minimum atomic E-state index is -3.48. The molecule has 0 atom stereocenters. The van der Waals surface area contributed by atoms with Crippen molar-refractivity contribution in [3.05, 3.63) is 46.7 Å². The fourth-order valence-electron chi connectivity index (χ4n) is 2.49. The number of nitrogens with one attached hydrogen (secondary N) is 1. The number of likely N-dealkylation sites (N-methyl/N-ethyl adjacent to an activating group) is 1. The summed E-state index contributed by atoms with van der Waals surface area (Å²) in [5.74, 6) is -0.195. The monoisotopic (exact) mass is 365 g/mol. The van der Waals surface area contributed by atoms with E-state index in [0.717, 1.165) is 13.1 Å². The molecule has 1 amide bonds.